The van der Waals surface area contributed by atoms with Crippen LogP contribution >= 0.6 is 0 Å². The van der Waals surface area contributed by atoms with Gasteiger partial charge in [-0.3, -0.25) is 4.90 Å². The average Bonchev–Trinajstić information content (AvgIpc) is 2.46. The van der Waals surface area contributed by atoms with Gasteiger partial charge in [0.2, 0.25) is 0 Å². The number of hydrogen-bond donors (Lipinski definition) is 0. The zero-order valence-corrected chi connectivity index (χ0v) is 15.3. The number of nitrogens with zero attached hydrogens (tertiary/aromatic N) is 1. The Morgan fingerprint density at radius 1 is 1.15 bits per heavy atom. The summed E-state index contributed by atoms with van der Waals surface area (Å²) in [5.41, 5.74) is 0.751. The van der Waals surface area contributed by atoms with Gasteiger partial charge in [-0.2, -0.15) is 0 Å². The molecule has 0 spiro atoms. The first-order valence-electron chi connectivity index (χ1n) is 8.98. The van der Waals surface area contributed by atoms with E-state index in [1.54, 1.807) is 0 Å². The molecule has 2 unspecified atom stereocenters. The molecule has 1 fully saturated rings. The van der Waals surface area contributed by atoms with Gasteiger partial charge >= 0.3 is 0 Å². The number of unbranched alkanes of at least 4 members (excludes halogenated alkanes) is 2. The fourth-order valence-corrected chi connectivity index (χ4v) is 4.17. The number of hydrogen-bond acceptors (Lipinski definition) is 1. The van der Waals surface area contributed by atoms with Crippen LogP contribution < -0.4 is 0 Å². The van der Waals surface area contributed by atoms with E-state index in [2.05, 4.69) is 53.4 Å². The van der Waals surface area contributed by atoms with Crippen molar-refractivity contribution in [2.75, 3.05) is 0 Å². The molecule has 1 heteroatoms. The molecule has 0 aromatic carbocycles. The molecule has 1 aliphatic heterocycles. The first kappa shape index (κ1) is 18.0. The highest BCUT2D eigenvalue weighted by atomic mass is 15.3. The maximum Gasteiger partial charge on any atom is 0.0159 e. The van der Waals surface area contributed by atoms with Crippen LogP contribution in [0.5, 0.6) is 0 Å². The van der Waals surface area contributed by atoms with Crippen molar-refractivity contribution in [2.45, 2.75) is 117 Å². The minimum Gasteiger partial charge on any atom is -0.292 e. The van der Waals surface area contributed by atoms with Crippen LogP contribution in [-0.2, 0) is 0 Å². The monoisotopic (exact) mass is 281 g/mol. The molecule has 120 valence electrons. The van der Waals surface area contributed by atoms with E-state index in [4.69, 9.17) is 0 Å². The van der Waals surface area contributed by atoms with Gasteiger partial charge in [0.15, 0.2) is 0 Å². The molecular formula is C19H39N. The normalized spacial score (nSPS) is 26.2. The molecule has 1 nitrogen and oxygen atoms in total. The summed E-state index contributed by atoms with van der Waals surface area (Å²) in [7, 11) is 0. The van der Waals surface area contributed by atoms with Crippen molar-refractivity contribution >= 4 is 0 Å². The summed E-state index contributed by atoms with van der Waals surface area (Å²) in [5, 5.41) is 0. The number of rotatable bonds is 5. The van der Waals surface area contributed by atoms with Crippen molar-refractivity contribution < 1.29 is 0 Å². The molecule has 1 heterocycles. The molecule has 1 saturated heterocycles. The Morgan fingerprint density at radius 2 is 1.80 bits per heavy atom. The number of likely N-dealkylation sites (tertiary alicyclic amines) is 1. The van der Waals surface area contributed by atoms with E-state index in [1.807, 2.05) is 0 Å². The molecule has 0 amide bonds. The molecule has 1 aliphatic rings. The van der Waals surface area contributed by atoms with E-state index >= 15 is 0 Å². The van der Waals surface area contributed by atoms with Crippen molar-refractivity contribution in [1.82, 2.24) is 4.90 Å². The fraction of sp³-hybridized carbons (Fsp3) is 1.00. The SMILES string of the molecule is CCCCCC(C)N1C(C(C)(C)C)CCCCC1(C)C. The van der Waals surface area contributed by atoms with Gasteiger partial charge in [-0.25, -0.2) is 0 Å². The molecule has 0 aliphatic carbocycles. The third kappa shape index (κ3) is 4.76. The molecule has 0 N–H and O–H groups in total. The summed E-state index contributed by atoms with van der Waals surface area (Å²) in [5.74, 6) is 0. The second-order valence-corrected chi connectivity index (χ2v) is 8.69. The predicted octanol–water partition coefficient (Wildman–Crippen LogP) is 6.02. The Morgan fingerprint density at radius 3 is 2.35 bits per heavy atom. The maximum absolute atomic E-state index is 2.90. The van der Waals surface area contributed by atoms with Gasteiger partial charge in [0.25, 0.3) is 0 Å². The average molecular weight is 282 g/mol. The van der Waals surface area contributed by atoms with Crippen molar-refractivity contribution in [3.63, 3.8) is 0 Å². The predicted molar refractivity (Wildman–Crippen MR) is 91.2 cm³/mol. The summed E-state index contributed by atoms with van der Waals surface area (Å²) in [6.45, 7) is 17.0. The minimum atomic E-state index is 0.361. The van der Waals surface area contributed by atoms with E-state index < -0.39 is 0 Å². The Kier molecular flexibility index (Phi) is 6.57. The summed E-state index contributed by atoms with van der Waals surface area (Å²) >= 11 is 0. The Bertz CT molecular complexity index is 274. The van der Waals surface area contributed by atoms with Crippen LogP contribution in [0.3, 0.4) is 0 Å². The van der Waals surface area contributed by atoms with Crippen LogP contribution in [-0.4, -0.2) is 22.5 Å². The van der Waals surface area contributed by atoms with Gasteiger partial charge in [-0.15, -0.1) is 0 Å². The second kappa shape index (κ2) is 7.29. The Labute approximate surface area is 128 Å². The highest BCUT2D eigenvalue weighted by molar-refractivity contribution is 4.96. The van der Waals surface area contributed by atoms with Crippen molar-refractivity contribution in [3.8, 4) is 0 Å². The van der Waals surface area contributed by atoms with Crippen molar-refractivity contribution in [1.29, 1.82) is 0 Å². The molecule has 0 aromatic rings. The zero-order chi connectivity index (χ0) is 15.4. The summed E-state index contributed by atoms with van der Waals surface area (Å²) in [4.78, 5) is 2.90. The third-order valence-electron chi connectivity index (χ3n) is 5.25. The molecule has 0 bridgehead atoms. The third-order valence-corrected chi connectivity index (χ3v) is 5.25. The molecule has 0 saturated carbocycles. The van der Waals surface area contributed by atoms with Crippen LogP contribution in [0.4, 0.5) is 0 Å². The first-order chi connectivity index (χ1) is 9.20. The first-order valence-corrected chi connectivity index (χ1v) is 8.98. The van der Waals surface area contributed by atoms with Crippen LogP contribution in [0.15, 0.2) is 0 Å². The summed E-state index contributed by atoms with van der Waals surface area (Å²) < 4.78 is 0. The van der Waals surface area contributed by atoms with Gasteiger partial charge in [0, 0.05) is 17.6 Å². The molecule has 0 aromatic heterocycles. The van der Waals surface area contributed by atoms with E-state index in [9.17, 15) is 0 Å². The van der Waals surface area contributed by atoms with E-state index in [0.29, 0.717) is 11.0 Å². The fourth-order valence-electron chi connectivity index (χ4n) is 4.17. The molecule has 1 rings (SSSR count). The second-order valence-electron chi connectivity index (χ2n) is 8.69. The van der Waals surface area contributed by atoms with E-state index in [0.717, 1.165) is 12.1 Å². The lowest BCUT2D eigenvalue weighted by molar-refractivity contribution is -0.0187. The van der Waals surface area contributed by atoms with Gasteiger partial charge in [0.1, 0.15) is 0 Å². The lowest BCUT2D eigenvalue weighted by atomic mass is 9.80. The molecule has 20 heavy (non-hydrogen) atoms. The topological polar surface area (TPSA) is 3.24 Å². The quantitative estimate of drug-likeness (QED) is 0.557. The van der Waals surface area contributed by atoms with Gasteiger partial charge in [-0.05, 0) is 45.4 Å². The van der Waals surface area contributed by atoms with Crippen molar-refractivity contribution in [3.05, 3.63) is 0 Å². The van der Waals surface area contributed by atoms with Crippen LogP contribution in [0.1, 0.15) is 99.8 Å². The zero-order valence-electron chi connectivity index (χ0n) is 15.3. The highest BCUT2D eigenvalue weighted by Gasteiger charge is 2.41. The highest BCUT2D eigenvalue weighted by Crippen LogP contribution is 2.40. The van der Waals surface area contributed by atoms with Crippen molar-refractivity contribution in [2.24, 2.45) is 5.41 Å². The van der Waals surface area contributed by atoms with Gasteiger partial charge in [-0.1, -0.05) is 59.8 Å². The maximum atomic E-state index is 2.90. The summed E-state index contributed by atoms with van der Waals surface area (Å²) in [6, 6.07) is 1.45. The molecule has 2 atom stereocenters. The lowest BCUT2D eigenvalue weighted by Crippen LogP contribution is -2.57. The Hall–Kier alpha value is -0.0400. The standard InChI is InChI=1S/C19H39N/c1-8-9-10-13-16(2)20-17(18(3,4)5)14-11-12-15-19(20,6)7/h16-17H,8-15H2,1-7H3. The minimum absolute atomic E-state index is 0.361. The smallest absolute Gasteiger partial charge is 0.0159 e. The van der Waals surface area contributed by atoms with Gasteiger partial charge < -0.3 is 0 Å². The van der Waals surface area contributed by atoms with Crippen LogP contribution in [0, 0.1) is 5.41 Å². The summed E-state index contributed by atoms with van der Waals surface area (Å²) in [6.07, 6.45) is 11.0. The molecule has 0 radical (unpaired) electrons. The lowest BCUT2D eigenvalue weighted by Gasteiger charge is -2.51. The van der Waals surface area contributed by atoms with Crippen LogP contribution in [0.25, 0.3) is 0 Å². The van der Waals surface area contributed by atoms with Gasteiger partial charge in [0.05, 0.1) is 0 Å². The van der Waals surface area contributed by atoms with E-state index in [-0.39, 0.29) is 0 Å². The Balaban J connectivity index is 2.90. The van der Waals surface area contributed by atoms with E-state index in [1.165, 1.54) is 51.4 Å². The van der Waals surface area contributed by atoms with Crippen LogP contribution in [0.2, 0.25) is 0 Å². The largest absolute Gasteiger partial charge is 0.292 e. The molecular weight excluding hydrogens is 242 g/mol.